The SMILES string of the molecule is NC(Cc1nc(-c2ccccc2)cs1)C1CCC1. The van der Waals surface area contributed by atoms with Crippen molar-refractivity contribution in [1.29, 1.82) is 0 Å². The Balaban J connectivity index is 1.69. The molecule has 18 heavy (non-hydrogen) atoms. The first-order valence-corrected chi connectivity index (χ1v) is 7.46. The van der Waals surface area contributed by atoms with Crippen LogP contribution >= 0.6 is 11.3 Å². The van der Waals surface area contributed by atoms with E-state index in [1.807, 2.05) is 6.07 Å². The van der Waals surface area contributed by atoms with Gasteiger partial charge in [0, 0.05) is 23.4 Å². The second kappa shape index (κ2) is 5.21. The number of rotatable bonds is 4. The largest absolute Gasteiger partial charge is 0.327 e. The maximum Gasteiger partial charge on any atom is 0.0948 e. The first kappa shape index (κ1) is 11.9. The molecule has 0 spiro atoms. The van der Waals surface area contributed by atoms with Crippen LogP contribution in [0.1, 0.15) is 24.3 Å². The quantitative estimate of drug-likeness (QED) is 0.912. The van der Waals surface area contributed by atoms with Gasteiger partial charge in [0.15, 0.2) is 0 Å². The molecular formula is C15H18N2S. The van der Waals surface area contributed by atoms with E-state index in [2.05, 4.69) is 29.6 Å². The van der Waals surface area contributed by atoms with Crippen LogP contribution in [0.4, 0.5) is 0 Å². The van der Waals surface area contributed by atoms with Gasteiger partial charge in [-0.1, -0.05) is 36.8 Å². The second-order valence-corrected chi connectivity index (χ2v) is 5.99. The lowest BCUT2D eigenvalue weighted by Crippen LogP contribution is -2.36. The predicted molar refractivity (Wildman–Crippen MR) is 76.6 cm³/mol. The average molecular weight is 258 g/mol. The summed E-state index contributed by atoms with van der Waals surface area (Å²) in [4.78, 5) is 4.70. The third kappa shape index (κ3) is 2.47. The lowest BCUT2D eigenvalue weighted by atomic mass is 9.79. The van der Waals surface area contributed by atoms with E-state index < -0.39 is 0 Å². The molecule has 1 aliphatic carbocycles. The van der Waals surface area contributed by atoms with Crippen molar-refractivity contribution < 1.29 is 0 Å². The molecule has 3 heteroatoms. The number of benzene rings is 1. The van der Waals surface area contributed by atoms with E-state index in [0.717, 1.165) is 18.0 Å². The van der Waals surface area contributed by atoms with E-state index in [9.17, 15) is 0 Å². The van der Waals surface area contributed by atoms with Crippen LogP contribution in [-0.4, -0.2) is 11.0 Å². The van der Waals surface area contributed by atoms with Crippen LogP contribution in [0.15, 0.2) is 35.7 Å². The molecule has 2 N–H and O–H groups in total. The molecule has 0 amide bonds. The highest BCUT2D eigenvalue weighted by Gasteiger charge is 2.25. The van der Waals surface area contributed by atoms with Crippen molar-refractivity contribution in [1.82, 2.24) is 4.98 Å². The number of hydrogen-bond donors (Lipinski definition) is 1. The highest BCUT2D eigenvalue weighted by atomic mass is 32.1. The van der Waals surface area contributed by atoms with Gasteiger partial charge in [-0.05, 0) is 18.8 Å². The molecule has 1 heterocycles. The minimum atomic E-state index is 0.300. The Bertz CT molecular complexity index is 502. The van der Waals surface area contributed by atoms with Crippen molar-refractivity contribution in [3.8, 4) is 11.3 Å². The molecule has 1 aromatic carbocycles. The number of thiazole rings is 1. The molecule has 1 unspecified atom stereocenters. The van der Waals surface area contributed by atoms with Crippen molar-refractivity contribution in [3.63, 3.8) is 0 Å². The van der Waals surface area contributed by atoms with Gasteiger partial charge in [0.25, 0.3) is 0 Å². The number of nitrogens with two attached hydrogens (primary N) is 1. The first-order chi connectivity index (χ1) is 8.83. The van der Waals surface area contributed by atoms with Gasteiger partial charge in [0.1, 0.15) is 0 Å². The van der Waals surface area contributed by atoms with E-state index >= 15 is 0 Å². The van der Waals surface area contributed by atoms with Gasteiger partial charge >= 0.3 is 0 Å². The van der Waals surface area contributed by atoms with E-state index in [0.29, 0.717) is 6.04 Å². The molecule has 3 rings (SSSR count). The minimum absolute atomic E-state index is 0.300. The van der Waals surface area contributed by atoms with Crippen molar-refractivity contribution in [3.05, 3.63) is 40.7 Å². The summed E-state index contributed by atoms with van der Waals surface area (Å²) in [7, 11) is 0. The smallest absolute Gasteiger partial charge is 0.0948 e. The topological polar surface area (TPSA) is 38.9 Å². The molecule has 1 saturated carbocycles. The summed E-state index contributed by atoms with van der Waals surface area (Å²) >= 11 is 1.73. The summed E-state index contributed by atoms with van der Waals surface area (Å²) in [6, 6.07) is 10.6. The van der Waals surface area contributed by atoms with Gasteiger partial charge in [-0.3, -0.25) is 0 Å². The number of aromatic nitrogens is 1. The monoisotopic (exact) mass is 258 g/mol. The zero-order valence-electron chi connectivity index (χ0n) is 10.4. The third-order valence-electron chi connectivity index (χ3n) is 3.79. The maximum absolute atomic E-state index is 6.23. The highest BCUT2D eigenvalue weighted by molar-refractivity contribution is 7.09. The molecule has 0 bridgehead atoms. The van der Waals surface area contributed by atoms with Crippen molar-refractivity contribution in [2.24, 2.45) is 11.7 Å². The van der Waals surface area contributed by atoms with Gasteiger partial charge in [-0.15, -0.1) is 11.3 Å². The molecule has 0 radical (unpaired) electrons. The van der Waals surface area contributed by atoms with Gasteiger partial charge in [-0.25, -0.2) is 4.98 Å². The fraction of sp³-hybridized carbons (Fsp3) is 0.400. The van der Waals surface area contributed by atoms with Crippen LogP contribution in [0.5, 0.6) is 0 Å². The van der Waals surface area contributed by atoms with E-state index in [1.165, 1.54) is 29.8 Å². The van der Waals surface area contributed by atoms with E-state index in [1.54, 1.807) is 11.3 Å². The molecular weight excluding hydrogens is 240 g/mol. The Morgan fingerprint density at radius 2 is 2.06 bits per heavy atom. The molecule has 1 aromatic heterocycles. The Hall–Kier alpha value is -1.19. The van der Waals surface area contributed by atoms with Gasteiger partial charge in [-0.2, -0.15) is 0 Å². The van der Waals surface area contributed by atoms with Crippen LogP contribution in [-0.2, 0) is 6.42 Å². The zero-order valence-corrected chi connectivity index (χ0v) is 11.2. The Morgan fingerprint density at radius 1 is 1.28 bits per heavy atom. The molecule has 1 aliphatic rings. The molecule has 94 valence electrons. The van der Waals surface area contributed by atoms with Crippen molar-refractivity contribution in [2.75, 3.05) is 0 Å². The van der Waals surface area contributed by atoms with Crippen molar-refractivity contribution >= 4 is 11.3 Å². The normalized spacial score (nSPS) is 17.4. The summed E-state index contributed by atoms with van der Waals surface area (Å²) in [5.74, 6) is 0.731. The summed E-state index contributed by atoms with van der Waals surface area (Å²) < 4.78 is 0. The van der Waals surface area contributed by atoms with E-state index in [4.69, 9.17) is 10.7 Å². The zero-order chi connectivity index (χ0) is 12.4. The van der Waals surface area contributed by atoms with Crippen LogP contribution < -0.4 is 5.73 Å². The molecule has 0 saturated heterocycles. The Labute approximate surface area is 112 Å². The van der Waals surface area contributed by atoms with Crippen LogP contribution in [0.2, 0.25) is 0 Å². The summed E-state index contributed by atoms with van der Waals surface area (Å²) in [5, 5.41) is 3.31. The molecule has 2 aromatic rings. The van der Waals surface area contributed by atoms with E-state index in [-0.39, 0.29) is 0 Å². The summed E-state index contributed by atoms with van der Waals surface area (Å²) in [6.07, 6.45) is 4.89. The lowest BCUT2D eigenvalue weighted by molar-refractivity contribution is 0.260. The molecule has 0 aliphatic heterocycles. The standard InChI is InChI=1S/C15H18N2S/c16-13(11-7-4-8-11)9-15-17-14(10-18-15)12-5-2-1-3-6-12/h1-3,5-6,10-11,13H,4,7-9,16H2. The second-order valence-electron chi connectivity index (χ2n) is 5.05. The van der Waals surface area contributed by atoms with Gasteiger partial charge in [0.2, 0.25) is 0 Å². The Kier molecular flexibility index (Phi) is 3.43. The van der Waals surface area contributed by atoms with Gasteiger partial charge in [0.05, 0.1) is 10.7 Å². The highest BCUT2D eigenvalue weighted by Crippen LogP contribution is 2.31. The summed E-state index contributed by atoms with van der Waals surface area (Å²) in [6.45, 7) is 0. The minimum Gasteiger partial charge on any atom is -0.327 e. The molecule has 1 fully saturated rings. The van der Waals surface area contributed by atoms with Gasteiger partial charge < -0.3 is 5.73 Å². The van der Waals surface area contributed by atoms with Crippen LogP contribution in [0.25, 0.3) is 11.3 Å². The average Bonchev–Trinajstić information content (AvgIpc) is 2.76. The number of hydrogen-bond acceptors (Lipinski definition) is 3. The molecule has 2 nitrogen and oxygen atoms in total. The third-order valence-corrected chi connectivity index (χ3v) is 4.66. The van der Waals surface area contributed by atoms with Crippen LogP contribution in [0, 0.1) is 5.92 Å². The fourth-order valence-electron chi connectivity index (χ4n) is 2.38. The summed E-state index contributed by atoms with van der Waals surface area (Å²) in [5.41, 5.74) is 8.50. The van der Waals surface area contributed by atoms with Crippen molar-refractivity contribution in [2.45, 2.75) is 31.7 Å². The Morgan fingerprint density at radius 3 is 2.72 bits per heavy atom. The molecule has 1 atom stereocenters. The number of nitrogens with zero attached hydrogens (tertiary/aromatic N) is 1. The fourth-order valence-corrected chi connectivity index (χ4v) is 3.26. The lowest BCUT2D eigenvalue weighted by Gasteiger charge is -2.30. The maximum atomic E-state index is 6.23. The predicted octanol–water partition coefficient (Wildman–Crippen LogP) is 3.48. The van der Waals surface area contributed by atoms with Crippen LogP contribution in [0.3, 0.4) is 0 Å². The first-order valence-electron chi connectivity index (χ1n) is 6.58.